The van der Waals surface area contributed by atoms with Crippen molar-refractivity contribution in [1.29, 1.82) is 0 Å². The molecule has 1 aliphatic rings. The van der Waals surface area contributed by atoms with Gasteiger partial charge in [0, 0.05) is 30.1 Å². The summed E-state index contributed by atoms with van der Waals surface area (Å²) in [5.74, 6) is 0.591. The average molecular weight is 474 g/mol. The fraction of sp³-hybridized carbons (Fsp3) is 0.444. The number of hydrogen-bond donors (Lipinski definition) is 2. The molecule has 0 aliphatic heterocycles. The van der Waals surface area contributed by atoms with Gasteiger partial charge in [-0.1, -0.05) is 18.6 Å². The lowest BCUT2D eigenvalue weighted by Gasteiger charge is -2.43. The van der Waals surface area contributed by atoms with E-state index in [0.717, 1.165) is 30.4 Å². The molecule has 0 amide bonds. The number of nitrogens with one attached hydrogen (secondary N) is 2. The third-order valence-electron chi connectivity index (χ3n) is 4.66. The summed E-state index contributed by atoms with van der Waals surface area (Å²) in [5.41, 5.74) is 1.29. The van der Waals surface area contributed by atoms with Crippen molar-refractivity contribution in [3.8, 4) is 0 Å². The second-order valence-electron chi connectivity index (χ2n) is 6.28. The highest BCUT2D eigenvalue weighted by atomic mass is 127. The molecule has 1 fully saturated rings. The van der Waals surface area contributed by atoms with Gasteiger partial charge in [-0.15, -0.1) is 35.3 Å². The van der Waals surface area contributed by atoms with Gasteiger partial charge >= 0.3 is 0 Å². The van der Waals surface area contributed by atoms with Crippen LogP contribution in [-0.2, 0) is 12.0 Å². The molecule has 1 saturated carbocycles. The second kappa shape index (κ2) is 8.93. The fourth-order valence-corrected chi connectivity index (χ4v) is 3.82. The minimum atomic E-state index is -0.183. The Hall–Kier alpha value is -1.22. The van der Waals surface area contributed by atoms with Crippen LogP contribution < -0.4 is 10.6 Å². The molecule has 1 aliphatic carbocycles. The molecule has 0 saturated heterocycles. The maximum Gasteiger partial charge on any atom is 0.191 e. The van der Waals surface area contributed by atoms with Crippen LogP contribution in [0.5, 0.6) is 0 Å². The van der Waals surface area contributed by atoms with Gasteiger partial charge in [-0.05, 0) is 37.5 Å². The summed E-state index contributed by atoms with van der Waals surface area (Å²) in [6, 6.07) is 6.91. The number of aromatic nitrogens is 1. The van der Waals surface area contributed by atoms with Crippen molar-refractivity contribution in [2.45, 2.75) is 38.1 Å². The number of aliphatic imine (C=N–C) groups is 1. The van der Waals surface area contributed by atoms with Crippen molar-refractivity contribution < 1.29 is 4.39 Å². The molecule has 0 bridgehead atoms. The van der Waals surface area contributed by atoms with Gasteiger partial charge in [-0.25, -0.2) is 9.37 Å². The average Bonchev–Trinajstić information content (AvgIpc) is 2.96. The predicted octanol–water partition coefficient (Wildman–Crippen LogP) is 4.00. The van der Waals surface area contributed by atoms with Crippen molar-refractivity contribution in [1.82, 2.24) is 15.6 Å². The molecule has 1 heterocycles. The van der Waals surface area contributed by atoms with E-state index >= 15 is 0 Å². The molecule has 0 spiro atoms. The zero-order valence-corrected chi connectivity index (χ0v) is 17.7. The van der Waals surface area contributed by atoms with E-state index in [1.165, 1.54) is 16.9 Å². The van der Waals surface area contributed by atoms with Crippen molar-refractivity contribution in [3.63, 3.8) is 0 Å². The molecule has 1 aromatic carbocycles. The first-order valence-electron chi connectivity index (χ1n) is 8.23. The molecule has 4 nitrogen and oxygen atoms in total. The zero-order valence-electron chi connectivity index (χ0n) is 14.5. The van der Waals surface area contributed by atoms with E-state index in [1.807, 2.05) is 18.3 Å². The first kappa shape index (κ1) is 20.1. The molecular weight excluding hydrogens is 450 g/mol. The monoisotopic (exact) mass is 474 g/mol. The van der Waals surface area contributed by atoms with Crippen molar-refractivity contribution in [2.75, 3.05) is 13.6 Å². The second-order valence-corrected chi connectivity index (χ2v) is 7.60. The lowest BCUT2D eigenvalue weighted by Crippen LogP contribution is -2.48. The highest BCUT2D eigenvalue weighted by Gasteiger charge is 2.38. The minimum absolute atomic E-state index is 0. The van der Waals surface area contributed by atoms with Gasteiger partial charge in [0.1, 0.15) is 10.8 Å². The lowest BCUT2D eigenvalue weighted by atomic mass is 9.64. The Labute approximate surface area is 169 Å². The molecule has 0 radical (unpaired) electrons. The molecule has 2 N–H and O–H groups in total. The number of guanidine groups is 1. The Balaban J connectivity index is 0.00000225. The SMILES string of the molecule is CN=C(NCc1ncc(C)s1)NCC1(c2ccc(F)cc2)CCC1.I. The van der Waals surface area contributed by atoms with E-state index < -0.39 is 0 Å². The summed E-state index contributed by atoms with van der Waals surface area (Å²) in [6.45, 7) is 3.52. The molecule has 1 aromatic heterocycles. The van der Waals surface area contributed by atoms with Crippen LogP contribution in [0.3, 0.4) is 0 Å². The molecular formula is C18H24FIN4S. The summed E-state index contributed by atoms with van der Waals surface area (Å²) in [6.07, 6.45) is 5.34. The van der Waals surface area contributed by atoms with E-state index in [-0.39, 0.29) is 35.2 Å². The van der Waals surface area contributed by atoms with Gasteiger partial charge in [0.2, 0.25) is 0 Å². The Morgan fingerprint density at radius 2 is 2.00 bits per heavy atom. The number of hydrogen-bond acceptors (Lipinski definition) is 3. The minimum Gasteiger partial charge on any atom is -0.356 e. The first-order chi connectivity index (χ1) is 11.6. The van der Waals surface area contributed by atoms with Crippen LogP contribution in [0.1, 0.15) is 34.7 Å². The van der Waals surface area contributed by atoms with Crippen LogP contribution in [0.4, 0.5) is 4.39 Å². The number of aryl methyl sites for hydroxylation is 1. The van der Waals surface area contributed by atoms with Crippen LogP contribution >= 0.6 is 35.3 Å². The zero-order chi connectivity index (χ0) is 17.0. The van der Waals surface area contributed by atoms with Crippen LogP contribution in [0.15, 0.2) is 35.5 Å². The molecule has 0 unspecified atom stereocenters. The number of nitrogens with zero attached hydrogens (tertiary/aromatic N) is 2. The van der Waals surface area contributed by atoms with E-state index in [2.05, 4.69) is 27.5 Å². The van der Waals surface area contributed by atoms with Crippen molar-refractivity contribution in [2.24, 2.45) is 4.99 Å². The van der Waals surface area contributed by atoms with Gasteiger partial charge in [0.25, 0.3) is 0 Å². The van der Waals surface area contributed by atoms with Crippen molar-refractivity contribution >= 4 is 41.3 Å². The summed E-state index contributed by atoms with van der Waals surface area (Å²) < 4.78 is 13.2. The normalized spacial score (nSPS) is 15.9. The Morgan fingerprint density at radius 3 is 2.52 bits per heavy atom. The van der Waals surface area contributed by atoms with E-state index in [4.69, 9.17) is 0 Å². The Kier molecular flexibility index (Phi) is 7.18. The maximum absolute atomic E-state index is 13.2. The van der Waals surface area contributed by atoms with Crippen LogP contribution in [-0.4, -0.2) is 24.5 Å². The summed E-state index contributed by atoms with van der Waals surface area (Å²) in [4.78, 5) is 9.85. The number of thiazole rings is 1. The van der Waals surface area contributed by atoms with Gasteiger partial charge in [0.05, 0.1) is 6.54 Å². The highest BCUT2D eigenvalue weighted by Crippen LogP contribution is 2.43. The number of rotatable bonds is 5. The molecule has 2 aromatic rings. The topological polar surface area (TPSA) is 49.3 Å². The van der Waals surface area contributed by atoms with E-state index in [1.54, 1.807) is 30.5 Å². The van der Waals surface area contributed by atoms with Gasteiger partial charge in [-0.3, -0.25) is 4.99 Å². The van der Waals surface area contributed by atoms with Gasteiger partial charge in [0.15, 0.2) is 5.96 Å². The molecule has 25 heavy (non-hydrogen) atoms. The third kappa shape index (κ3) is 4.91. The summed E-state index contributed by atoms with van der Waals surface area (Å²) in [7, 11) is 1.77. The maximum atomic E-state index is 13.2. The van der Waals surface area contributed by atoms with Crippen LogP contribution in [0.25, 0.3) is 0 Å². The molecule has 7 heteroatoms. The Bertz CT molecular complexity index is 710. The molecule has 3 rings (SSSR count). The quantitative estimate of drug-likeness (QED) is 0.392. The molecule has 0 atom stereocenters. The third-order valence-corrected chi connectivity index (χ3v) is 5.57. The highest BCUT2D eigenvalue weighted by molar-refractivity contribution is 14.0. The largest absolute Gasteiger partial charge is 0.356 e. The van der Waals surface area contributed by atoms with Crippen molar-refractivity contribution in [3.05, 3.63) is 51.7 Å². The smallest absolute Gasteiger partial charge is 0.191 e. The van der Waals surface area contributed by atoms with Gasteiger partial charge in [-0.2, -0.15) is 0 Å². The predicted molar refractivity (Wildman–Crippen MR) is 112 cm³/mol. The van der Waals surface area contributed by atoms with E-state index in [9.17, 15) is 4.39 Å². The molecule has 136 valence electrons. The Morgan fingerprint density at radius 1 is 1.28 bits per heavy atom. The number of halogens is 2. The van der Waals surface area contributed by atoms with E-state index in [0.29, 0.717) is 6.54 Å². The first-order valence-corrected chi connectivity index (χ1v) is 9.05. The standard InChI is InChI=1S/C18H23FN4S.HI/c1-13-10-21-16(24-13)11-22-17(20-2)23-12-18(8-3-9-18)14-4-6-15(19)7-5-14;/h4-7,10H,3,8-9,11-12H2,1-2H3,(H2,20,22,23);1H. The van der Waals surface area contributed by atoms with Crippen LogP contribution in [0, 0.1) is 12.7 Å². The fourth-order valence-electron chi connectivity index (χ4n) is 3.09. The number of benzene rings is 1. The van der Waals surface area contributed by atoms with Gasteiger partial charge < -0.3 is 10.6 Å². The summed E-state index contributed by atoms with van der Waals surface area (Å²) in [5, 5.41) is 7.78. The summed E-state index contributed by atoms with van der Waals surface area (Å²) >= 11 is 1.69. The van der Waals surface area contributed by atoms with Crippen LogP contribution in [0.2, 0.25) is 0 Å². The lowest BCUT2D eigenvalue weighted by molar-refractivity contribution is 0.243.